The molecule has 1 heterocycles. The first-order valence-corrected chi connectivity index (χ1v) is 10.6. The van der Waals surface area contributed by atoms with Crippen LogP contribution in [-0.4, -0.2) is 29.3 Å². The van der Waals surface area contributed by atoms with E-state index in [-0.39, 0.29) is 0 Å². The second-order valence-electron chi connectivity index (χ2n) is 8.16. The number of benzene rings is 2. The van der Waals surface area contributed by atoms with E-state index in [1.54, 1.807) is 12.1 Å². The van der Waals surface area contributed by atoms with Crippen LogP contribution in [0.5, 0.6) is 0 Å². The van der Waals surface area contributed by atoms with E-state index in [1.165, 1.54) is 24.3 Å². The molecule has 0 radical (unpaired) electrons. The Morgan fingerprint density at radius 2 is 1.74 bits per heavy atom. The van der Waals surface area contributed by atoms with E-state index < -0.39 is 35.7 Å². The first kappa shape index (κ1) is 22.5. The molecule has 6 nitrogen and oxygen atoms in total. The average molecular weight is 426 g/mol. The molecule has 1 aliphatic heterocycles. The highest BCUT2D eigenvalue weighted by atomic mass is 19.1. The Labute approximate surface area is 181 Å². The standard InChI is InChI=1S/C24H28FN3O3/c1-4-5-14-24(18-8-10-19(25)11-9-18)22(30)28(23(31)27-24)15-21(29)26-20-12-6-17(7-13-20)16(2)3/h6-13,16H,4-5,14-15H2,1-3H3,(H,26,29)(H,27,31)/t24-/m1/s1. The largest absolute Gasteiger partial charge is 0.325 e. The summed E-state index contributed by atoms with van der Waals surface area (Å²) in [5.74, 6) is -1.02. The molecular formula is C24H28FN3O3. The van der Waals surface area contributed by atoms with E-state index in [1.807, 2.05) is 19.1 Å². The summed E-state index contributed by atoms with van der Waals surface area (Å²) in [5.41, 5.74) is 0.956. The average Bonchev–Trinajstić information content (AvgIpc) is 2.98. The van der Waals surface area contributed by atoms with Gasteiger partial charge in [0.25, 0.3) is 5.91 Å². The maximum absolute atomic E-state index is 13.4. The van der Waals surface area contributed by atoms with Gasteiger partial charge in [0.2, 0.25) is 5.91 Å². The molecule has 1 saturated heterocycles. The number of urea groups is 1. The molecule has 4 amide bonds. The van der Waals surface area contributed by atoms with Crippen LogP contribution in [0.3, 0.4) is 0 Å². The highest BCUT2D eigenvalue weighted by molar-refractivity contribution is 6.10. The smallest absolute Gasteiger partial charge is 0.325 e. The fourth-order valence-corrected chi connectivity index (χ4v) is 3.75. The molecule has 0 aromatic heterocycles. The van der Waals surface area contributed by atoms with Crippen LogP contribution in [0.4, 0.5) is 14.9 Å². The molecule has 2 aromatic carbocycles. The van der Waals surface area contributed by atoms with Gasteiger partial charge < -0.3 is 10.6 Å². The van der Waals surface area contributed by atoms with Gasteiger partial charge in [0.05, 0.1) is 0 Å². The number of nitrogens with zero attached hydrogens (tertiary/aromatic N) is 1. The maximum Gasteiger partial charge on any atom is 0.325 e. The second kappa shape index (κ2) is 9.29. The van der Waals surface area contributed by atoms with Crippen molar-refractivity contribution in [3.05, 3.63) is 65.5 Å². The van der Waals surface area contributed by atoms with Gasteiger partial charge in [-0.1, -0.05) is 57.9 Å². The summed E-state index contributed by atoms with van der Waals surface area (Å²) in [4.78, 5) is 39.4. The zero-order valence-electron chi connectivity index (χ0n) is 18.1. The molecular weight excluding hydrogens is 397 g/mol. The van der Waals surface area contributed by atoms with E-state index >= 15 is 0 Å². The Kier molecular flexibility index (Phi) is 6.73. The topological polar surface area (TPSA) is 78.5 Å². The summed E-state index contributed by atoms with van der Waals surface area (Å²) < 4.78 is 13.4. The Morgan fingerprint density at radius 1 is 1.10 bits per heavy atom. The van der Waals surface area contributed by atoms with Gasteiger partial charge >= 0.3 is 6.03 Å². The first-order valence-electron chi connectivity index (χ1n) is 10.6. The Bertz CT molecular complexity index is 957. The second-order valence-corrected chi connectivity index (χ2v) is 8.16. The number of halogens is 1. The highest BCUT2D eigenvalue weighted by Gasteiger charge is 2.52. The van der Waals surface area contributed by atoms with Crippen LogP contribution in [0, 0.1) is 5.82 Å². The number of rotatable bonds is 8. The lowest BCUT2D eigenvalue weighted by molar-refractivity contribution is -0.134. The van der Waals surface area contributed by atoms with E-state index in [9.17, 15) is 18.8 Å². The summed E-state index contributed by atoms with van der Waals surface area (Å²) >= 11 is 0. The molecule has 1 atom stereocenters. The maximum atomic E-state index is 13.4. The third-order valence-corrected chi connectivity index (χ3v) is 5.58. The van der Waals surface area contributed by atoms with Crippen LogP contribution < -0.4 is 10.6 Å². The lowest BCUT2D eigenvalue weighted by Gasteiger charge is -2.27. The number of anilines is 1. The Balaban J connectivity index is 1.77. The molecule has 7 heteroatoms. The van der Waals surface area contributed by atoms with E-state index in [4.69, 9.17) is 0 Å². The molecule has 3 rings (SSSR count). The van der Waals surface area contributed by atoms with E-state index in [2.05, 4.69) is 24.5 Å². The predicted octanol–water partition coefficient (Wildman–Crippen LogP) is 4.53. The normalized spacial score (nSPS) is 18.4. The SMILES string of the molecule is CCCC[C@]1(c2ccc(F)cc2)NC(=O)N(CC(=O)Nc2ccc(C(C)C)cc2)C1=O. The number of imide groups is 1. The molecule has 2 N–H and O–H groups in total. The summed E-state index contributed by atoms with van der Waals surface area (Å²) in [6, 6.07) is 12.3. The molecule has 0 spiro atoms. The summed E-state index contributed by atoms with van der Waals surface area (Å²) in [6.45, 7) is 5.75. The molecule has 0 unspecified atom stereocenters. The van der Waals surface area contributed by atoms with Crippen LogP contribution in [0.1, 0.15) is 57.1 Å². The van der Waals surface area contributed by atoms with Gasteiger partial charge in [-0.05, 0) is 47.7 Å². The van der Waals surface area contributed by atoms with Gasteiger partial charge in [-0.2, -0.15) is 0 Å². The molecule has 1 fully saturated rings. The van der Waals surface area contributed by atoms with Gasteiger partial charge in [-0.3, -0.25) is 14.5 Å². The number of carbonyl (C=O) groups is 3. The van der Waals surface area contributed by atoms with Crippen LogP contribution >= 0.6 is 0 Å². The van der Waals surface area contributed by atoms with E-state index in [0.717, 1.165) is 16.9 Å². The van der Waals surface area contributed by atoms with Gasteiger partial charge in [0.15, 0.2) is 0 Å². The third kappa shape index (κ3) is 4.76. The number of hydrogen-bond acceptors (Lipinski definition) is 3. The quantitative estimate of drug-likeness (QED) is 0.610. The molecule has 0 aliphatic carbocycles. The Morgan fingerprint density at radius 3 is 2.32 bits per heavy atom. The summed E-state index contributed by atoms with van der Waals surface area (Å²) in [7, 11) is 0. The molecule has 31 heavy (non-hydrogen) atoms. The van der Waals surface area contributed by atoms with Gasteiger partial charge in [-0.25, -0.2) is 9.18 Å². The molecule has 0 saturated carbocycles. The zero-order chi connectivity index (χ0) is 22.6. The third-order valence-electron chi connectivity index (χ3n) is 5.58. The van der Waals surface area contributed by atoms with Crippen molar-refractivity contribution in [2.75, 3.05) is 11.9 Å². The number of amides is 4. The fourth-order valence-electron chi connectivity index (χ4n) is 3.75. The van der Waals surface area contributed by atoms with Crippen molar-refractivity contribution in [3.63, 3.8) is 0 Å². The molecule has 2 aromatic rings. The van der Waals surface area contributed by atoms with Crippen molar-refractivity contribution in [3.8, 4) is 0 Å². The van der Waals surface area contributed by atoms with Gasteiger partial charge in [0.1, 0.15) is 17.9 Å². The fraction of sp³-hybridized carbons (Fsp3) is 0.375. The molecule has 0 bridgehead atoms. The first-order chi connectivity index (χ1) is 14.8. The number of carbonyl (C=O) groups excluding carboxylic acids is 3. The minimum absolute atomic E-state index is 0.370. The lowest BCUT2D eigenvalue weighted by Crippen LogP contribution is -2.44. The van der Waals surface area contributed by atoms with Crippen LogP contribution in [0.2, 0.25) is 0 Å². The van der Waals surface area contributed by atoms with Crippen LogP contribution in [-0.2, 0) is 15.1 Å². The van der Waals surface area contributed by atoms with Gasteiger partial charge in [-0.15, -0.1) is 0 Å². The van der Waals surface area contributed by atoms with Crippen molar-refractivity contribution < 1.29 is 18.8 Å². The zero-order valence-corrected chi connectivity index (χ0v) is 18.1. The van der Waals surface area contributed by atoms with Crippen molar-refractivity contribution >= 4 is 23.5 Å². The van der Waals surface area contributed by atoms with Crippen molar-refractivity contribution in [2.24, 2.45) is 0 Å². The van der Waals surface area contributed by atoms with Crippen LogP contribution in [0.25, 0.3) is 0 Å². The number of unbranched alkanes of at least 4 members (excludes halogenated alkanes) is 1. The number of hydrogen-bond donors (Lipinski definition) is 2. The number of nitrogens with one attached hydrogen (secondary N) is 2. The minimum Gasteiger partial charge on any atom is -0.325 e. The Hall–Kier alpha value is -3.22. The molecule has 164 valence electrons. The monoisotopic (exact) mass is 425 g/mol. The van der Waals surface area contributed by atoms with Crippen LogP contribution in [0.15, 0.2) is 48.5 Å². The lowest BCUT2D eigenvalue weighted by atomic mass is 9.85. The van der Waals surface area contributed by atoms with Crippen molar-refractivity contribution in [2.45, 2.75) is 51.5 Å². The van der Waals surface area contributed by atoms with Crippen molar-refractivity contribution in [1.82, 2.24) is 10.2 Å². The van der Waals surface area contributed by atoms with E-state index in [0.29, 0.717) is 30.0 Å². The summed E-state index contributed by atoms with van der Waals surface area (Å²) in [5, 5.41) is 5.49. The molecule has 1 aliphatic rings. The minimum atomic E-state index is -1.29. The summed E-state index contributed by atoms with van der Waals surface area (Å²) in [6.07, 6.45) is 1.87. The predicted molar refractivity (Wildman–Crippen MR) is 117 cm³/mol. The highest BCUT2D eigenvalue weighted by Crippen LogP contribution is 2.34. The van der Waals surface area contributed by atoms with Gasteiger partial charge in [0, 0.05) is 5.69 Å². The van der Waals surface area contributed by atoms with Crippen molar-refractivity contribution in [1.29, 1.82) is 0 Å².